The topological polar surface area (TPSA) is 57.5 Å². The van der Waals surface area contributed by atoms with Crippen molar-refractivity contribution in [1.82, 2.24) is 0 Å². The third kappa shape index (κ3) is 6.12. The molecule has 0 radical (unpaired) electrons. The van der Waals surface area contributed by atoms with Crippen molar-refractivity contribution in [3.8, 4) is 0 Å². The third-order valence-electron chi connectivity index (χ3n) is 1.35. The highest BCUT2D eigenvalue weighted by Crippen LogP contribution is 2.12. The number of aliphatic carboxylic acids is 1. The van der Waals surface area contributed by atoms with Gasteiger partial charge in [0.2, 0.25) is 0 Å². The van der Waals surface area contributed by atoms with Crippen molar-refractivity contribution in [3.63, 3.8) is 0 Å². The Morgan fingerprint density at radius 3 is 2.17 bits per heavy atom. The molecule has 0 aromatic heterocycles. The van der Waals surface area contributed by atoms with Gasteiger partial charge in [-0.2, -0.15) is 0 Å². The van der Waals surface area contributed by atoms with Crippen molar-refractivity contribution in [2.24, 2.45) is 0 Å². The Hall–Kier alpha value is -0.610. The normalized spacial score (nSPS) is 17.1. The van der Waals surface area contributed by atoms with Gasteiger partial charge in [0.25, 0.3) is 0 Å². The minimum atomic E-state index is -1.12. The Morgan fingerprint density at radius 2 is 1.92 bits per heavy atom. The molecule has 0 saturated heterocycles. The Bertz CT molecular complexity index is 170. The molecule has 0 aromatic rings. The lowest BCUT2D eigenvalue weighted by Crippen LogP contribution is -2.48. The van der Waals surface area contributed by atoms with E-state index in [1.165, 1.54) is 0 Å². The van der Waals surface area contributed by atoms with Crippen LogP contribution in [-0.2, 0) is 4.79 Å². The number of carboxylic acid groups (broad SMARTS) is 1. The van der Waals surface area contributed by atoms with E-state index < -0.39 is 11.6 Å². The smallest absolute Gasteiger partial charge is 0.306 e. The number of carbonyl (C=O) groups is 1. The van der Waals surface area contributed by atoms with Gasteiger partial charge >= 0.3 is 5.97 Å². The molecule has 0 spiro atoms. The van der Waals surface area contributed by atoms with Gasteiger partial charge in [-0.05, 0) is 6.92 Å². The predicted molar refractivity (Wildman–Crippen MR) is 45.8 cm³/mol. The molecule has 1 unspecified atom stereocenters. The second kappa shape index (κ2) is 3.41. The van der Waals surface area contributed by atoms with Gasteiger partial charge in [-0.15, -0.1) is 0 Å². The summed E-state index contributed by atoms with van der Waals surface area (Å²) in [5.41, 5.74) is -1.12. The summed E-state index contributed by atoms with van der Waals surface area (Å²) in [6.45, 7) is 1.98. The molecule has 4 nitrogen and oxygen atoms in total. The lowest BCUT2D eigenvalue weighted by molar-refractivity contribution is -0.876. The molecule has 0 aliphatic heterocycles. The highest BCUT2D eigenvalue weighted by molar-refractivity contribution is 5.68. The van der Waals surface area contributed by atoms with Crippen molar-refractivity contribution in [2.45, 2.75) is 18.9 Å². The summed E-state index contributed by atoms with van der Waals surface area (Å²) < 4.78 is 0.556. The van der Waals surface area contributed by atoms with E-state index in [2.05, 4.69) is 0 Å². The Labute approximate surface area is 73.0 Å². The zero-order valence-electron chi connectivity index (χ0n) is 8.16. The van der Waals surface area contributed by atoms with Gasteiger partial charge in [-0.25, -0.2) is 0 Å². The Kier molecular flexibility index (Phi) is 3.24. The summed E-state index contributed by atoms with van der Waals surface area (Å²) in [6, 6.07) is 0. The van der Waals surface area contributed by atoms with Gasteiger partial charge in [-0.3, -0.25) is 4.79 Å². The van der Waals surface area contributed by atoms with E-state index in [1.54, 1.807) is 6.92 Å². The summed E-state index contributed by atoms with van der Waals surface area (Å²) in [7, 11) is 5.74. The zero-order chi connectivity index (χ0) is 9.99. The fraction of sp³-hybridized carbons (Fsp3) is 0.875. The maximum Gasteiger partial charge on any atom is 0.306 e. The van der Waals surface area contributed by atoms with Gasteiger partial charge in [-0.1, -0.05) is 0 Å². The number of aliphatic hydroxyl groups is 1. The highest BCUT2D eigenvalue weighted by atomic mass is 16.4. The molecule has 2 N–H and O–H groups in total. The number of nitrogens with zero attached hydrogens (tertiary/aromatic N) is 1. The molecule has 0 aromatic carbocycles. The monoisotopic (exact) mass is 178 g/mol. The van der Waals surface area contributed by atoms with E-state index in [4.69, 9.17) is 5.11 Å². The average Bonchev–Trinajstić information content (AvgIpc) is 1.48. The first-order valence-corrected chi connectivity index (χ1v) is 3.87. The van der Waals surface area contributed by atoms with Crippen LogP contribution in [0.3, 0.4) is 0 Å². The van der Waals surface area contributed by atoms with Crippen molar-refractivity contribution in [3.05, 3.63) is 0 Å². The molecule has 1 atom stereocenters. The molecule has 0 aliphatic carbocycles. The summed E-state index contributed by atoms with van der Waals surface area (Å²) in [5, 5.41) is 18.1. The predicted octanol–water partition coefficient (Wildman–Crippen LogP) is -0.0817. The van der Waals surface area contributed by atoms with Crippen molar-refractivity contribution in [1.29, 1.82) is 0 Å². The fourth-order valence-corrected chi connectivity index (χ4v) is 1.40. The quantitative estimate of drug-likeness (QED) is 0.592. The van der Waals surface area contributed by atoms with E-state index >= 15 is 0 Å². The molecule has 0 amide bonds. The first-order valence-electron chi connectivity index (χ1n) is 3.87. The van der Waals surface area contributed by atoms with Crippen LogP contribution >= 0.6 is 0 Å². The molecule has 0 heterocycles. The second-order valence-corrected chi connectivity index (χ2v) is 4.52. The Balaban J connectivity index is 4.13. The molecular formula is C8H18NO3+. The zero-order valence-corrected chi connectivity index (χ0v) is 8.16. The van der Waals surface area contributed by atoms with Gasteiger partial charge in [0.1, 0.15) is 12.1 Å². The maximum absolute atomic E-state index is 10.3. The first-order chi connectivity index (χ1) is 5.12. The minimum Gasteiger partial charge on any atom is -0.481 e. The number of likely N-dealkylation sites (N-methyl/N-ethyl adjacent to an activating group) is 1. The molecule has 0 saturated carbocycles. The second-order valence-electron chi connectivity index (χ2n) is 4.52. The van der Waals surface area contributed by atoms with Crippen LogP contribution in [0.5, 0.6) is 0 Å². The molecule has 0 aliphatic rings. The number of hydrogen-bond donors (Lipinski definition) is 2. The summed E-state index contributed by atoms with van der Waals surface area (Å²) >= 11 is 0. The lowest BCUT2D eigenvalue weighted by atomic mass is 10.1. The van der Waals surface area contributed by atoms with Gasteiger partial charge in [0.05, 0.1) is 27.6 Å². The fourth-order valence-electron chi connectivity index (χ4n) is 1.40. The van der Waals surface area contributed by atoms with Crippen molar-refractivity contribution >= 4 is 5.97 Å². The molecule has 12 heavy (non-hydrogen) atoms. The van der Waals surface area contributed by atoms with E-state index in [9.17, 15) is 9.90 Å². The number of quaternary nitrogens is 1. The number of hydrogen-bond acceptors (Lipinski definition) is 2. The maximum atomic E-state index is 10.3. The van der Waals surface area contributed by atoms with Gasteiger partial charge < -0.3 is 14.7 Å². The molecule has 0 rings (SSSR count). The van der Waals surface area contributed by atoms with Crippen LogP contribution in [0.25, 0.3) is 0 Å². The van der Waals surface area contributed by atoms with Gasteiger partial charge in [0.15, 0.2) is 0 Å². The van der Waals surface area contributed by atoms with Crippen LogP contribution in [0.2, 0.25) is 0 Å². The van der Waals surface area contributed by atoms with Crippen molar-refractivity contribution < 1.29 is 19.5 Å². The van der Waals surface area contributed by atoms with E-state index in [-0.39, 0.29) is 6.42 Å². The summed E-state index contributed by atoms with van der Waals surface area (Å²) in [4.78, 5) is 10.3. The van der Waals surface area contributed by atoms with Crippen LogP contribution in [0.1, 0.15) is 13.3 Å². The van der Waals surface area contributed by atoms with Crippen LogP contribution < -0.4 is 0 Å². The molecule has 0 fully saturated rings. The highest BCUT2D eigenvalue weighted by Gasteiger charge is 2.30. The number of rotatable bonds is 4. The molecule has 0 bridgehead atoms. The first kappa shape index (κ1) is 11.4. The van der Waals surface area contributed by atoms with Crippen LogP contribution in [0.4, 0.5) is 0 Å². The van der Waals surface area contributed by atoms with E-state index in [1.807, 2.05) is 21.1 Å². The minimum absolute atomic E-state index is 0.206. The van der Waals surface area contributed by atoms with Gasteiger partial charge in [0, 0.05) is 0 Å². The van der Waals surface area contributed by atoms with Crippen LogP contribution in [0, 0.1) is 0 Å². The van der Waals surface area contributed by atoms with Crippen molar-refractivity contribution in [2.75, 3.05) is 27.7 Å². The molecular weight excluding hydrogens is 160 g/mol. The van der Waals surface area contributed by atoms with Crippen LogP contribution in [0.15, 0.2) is 0 Å². The average molecular weight is 178 g/mol. The van der Waals surface area contributed by atoms with E-state index in [0.717, 1.165) is 0 Å². The SMILES string of the molecule is C[N+](C)(C)CC([14CH3])(O)CC(=O)O. The third-order valence-corrected chi connectivity index (χ3v) is 1.35. The number of carboxylic acids is 1. The lowest BCUT2D eigenvalue weighted by Gasteiger charge is -2.32. The Morgan fingerprint density at radius 1 is 1.50 bits per heavy atom. The largest absolute Gasteiger partial charge is 0.481 e. The van der Waals surface area contributed by atoms with Crippen LogP contribution in [-0.4, -0.2) is 54.0 Å². The van der Waals surface area contributed by atoms with E-state index in [0.29, 0.717) is 11.0 Å². The molecule has 4 heteroatoms. The summed E-state index contributed by atoms with van der Waals surface area (Å²) in [5.74, 6) is -0.964. The summed E-state index contributed by atoms with van der Waals surface area (Å²) in [6.07, 6.45) is -0.206. The molecule has 72 valence electrons. The standard InChI is InChI=1S/C8H17NO3/c1-8(12,5-7(10)11)6-9(2,3)4/h12H,5-6H2,1-4H3/p+1/i1+2.